The molecule has 0 bridgehead atoms. The maximum absolute atomic E-state index is 12.9. The van der Waals surface area contributed by atoms with Gasteiger partial charge in [0.2, 0.25) is 0 Å². The molecule has 0 aromatic carbocycles. The predicted octanol–water partition coefficient (Wildman–Crippen LogP) is 1.74. The first-order valence-corrected chi connectivity index (χ1v) is 9.37. The third kappa shape index (κ3) is 3.71. The monoisotopic (exact) mass is 378 g/mol. The molecule has 1 aliphatic rings. The number of hydrogen-bond acceptors (Lipinski definition) is 5. The molecule has 0 unspecified atom stereocenters. The lowest BCUT2D eigenvalue weighted by atomic mass is 9.96. The lowest BCUT2D eigenvalue weighted by Gasteiger charge is -2.32. The normalized spacial score (nSPS) is 16.9. The minimum atomic E-state index is -0.391. The van der Waals surface area contributed by atoms with Crippen LogP contribution in [-0.2, 0) is 6.54 Å². The molecule has 0 saturated carbocycles. The first-order chi connectivity index (χ1) is 13.6. The number of nitrogens with one attached hydrogen (secondary N) is 1. The number of piperidine rings is 1. The van der Waals surface area contributed by atoms with Crippen LogP contribution in [0.4, 0.5) is 0 Å². The minimum Gasteiger partial charge on any atom is -0.338 e. The first kappa shape index (κ1) is 18.1. The molecule has 1 aliphatic heterocycles. The summed E-state index contributed by atoms with van der Waals surface area (Å²) in [6.07, 6.45) is 10.5. The van der Waals surface area contributed by atoms with Crippen molar-refractivity contribution in [3.05, 3.63) is 76.2 Å². The van der Waals surface area contributed by atoms with Gasteiger partial charge in [-0.1, -0.05) is 6.07 Å². The van der Waals surface area contributed by atoms with Gasteiger partial charge in [-0.05, 0) is 31.4 Å². The standard InChI is InChI=1S/C20H22N6O2/c1-14-23-11-17(19(27)24-14)20(28)26-8-3-5-16(13-26)18-22-7-9-25(18)12-15-4-2-6-21-10-15/h2,4,6-7,9-11,16H,3,5,8,12-13H2,1H3,(H,23,24,27)/t16-/m1/s1. The molecule has 1 N–H and O–H groups in total. The van der Waals surface area contributed by atoms with Crippen LogP contribution in [0.25, 0.3) is 0 Å². The summed E-state index contributed by atoms with van der Waals surface area (Å²) in [5, 5.41) is 0. The van der Waals surface area contributed by atoms with Crippen LogP contribution < -0.4 is 5.56 Å². The van der Waals surface area contributed by atoms with Gasteiger partial charge in [0.1, 0.15) is 17.2 Å². The van der Waals surface area contributed by atoms with Crippen LogP contribution in [0.3, 0.4) is 0 Å². The minimum absolute atomic E-state index is 0.0879. The lowest BCUT2D eigenvalue weighted by Crippen LogP contribution is -2.41. The molecular weight excluding hydrogens is 356 g/mol. The average molecular weight is 378 g/mol. The summed E-state index contributed by atoms with van der Waals surface area (Å²) in [5.74, 6) is 1.30. The predicted molar refractivity (Wildman–Crippen MR) is 103 cm³/mol. The smallest absolute Gasteiger partial charge is 0.263 e. The second-order valence-electron chi connectivity index (χ2n) is 7.08. The average Bonchev–Trinajstić information content (AvgIpc) is 3.16. The number of amides is 1. The van der Waals surface area contributed by atoms with Crippen LogP contribution in [0.5, 0.6) is 0 Å². The Bertz CT molecular complexity index is 1030. The number of likely N-dealkylation sites (tertiary alicyclic amines) is 1. The number of carbonyl (C=O) groups is 1. The Kier molecular flexibility index (Phi) is 5.01. The number of rotatable bonds is 4. The molecule has 28 heavy (non-hydrogen) atoms. The van der Waals surface area contributed by atoms with Crippen molar-refractivity contribution in [2.24, 2.45) is 0 Å². The Labute approximate surface area is 162 Å². The van der Waals surface area contributed by atoms with Crippen LogP contribution in [0, 0.1) is 6.92 Å². The summed E-state index contributed by atoms with van der Waals surface area (Å²) in [7, 11) is 0. The van der Waals surface area contributed by atoms with Crippen molar-refractivity contribution in [3.8, 4) is 0 Å². The third-order valence-electron chi connectivity index (χ3n) is 5.05. The van der Waals surface area contributed by atoms with Gasteiger partial charge in [0.05, 0.1) is 6.54 Å². The summed E-state index contributed by atoms with van der Waals surface area (Å²) in [4.78, 5) is 42.1. The Morgan fingerprint density at radius 2 is 2.18 bits per heavy atom. The highest BCUT2D eigenvalue weighted by Gasteiger charge is 2.29. The number of nitrogens with zero attached hydrogens (tertiary/aromatic N) is 5. The number of hydrogen-bond donors (Lipinski definition) is 1. The second kappa shape index (κ2) is 7.75. The van der Waals surface area contributed by atoms with E-state index in [2.05, 4.69) is 24.5 Å². The van der Waals surface area contributed by atoms with Crippen molar-refractivity contribution in [2.75, 3.05) is 13.1 Å². The highest BCUT2D eigenvalue weighted by atomic mass is 16.2. The van der Waals surface area contributed by atoms with Crippen molar-refractivity contribution in [1.82, 2.24) is 29.4 Å². The Balaban J connectivity index is 1.52. The molecule has 0 radical (unpaired) electrons. The van der Waals surface area contributed by atoms with E-state index in [1.165, 1.54) is 6.20 Å². The molecular formula is C20H22N6O2. The van der Waals surface area contributed by atoms with Crippen LogP contribution in [0.1, 0.15) is 46.3 Å². The van der Waals surface area contributed by atoms with Crippen LogP contribution in [-0.4, -0.2) is 48.4 Å². The maximum Gasteiger partial charge on any atom is 0.263 e. The zero-order valence-corrected chi connectivity index (χ0v) is 15.7. The van der Waals surface area contributed by atoms with E-state index in [0.717, 1.165) is 24.2 Å². The van der Waals surface area contributed by atoms with Gasteiger partial charge in [-0.25, -0.2) is 9.97 Å². The van der Waals surface area contributed by atoms with Gasteiger partial charge in [0.25, 0.3) is 11.5 Å². The second-order valence-corrected chi connectivity index (χ2v) is 7.08. The van der Waals surface area contributed by atoms with Crippen molar-refractivity contribution in [1.29, 1.82) is 0 Å². The molecule has 3 aromatic rings. The zero-order valence-electron chi connectivity index (χ0n) is 15.7. The molecule has 1 amide bonds. The molecule has 8 nitrogen and oxygen atoms in total. The summed E-state index contributed by atoms with van der Waals surface area (Å²) in [6.45, 7) is 3.55. The van der Waals surface area contributed by atoms with Crippen molar-refractivity contribution >= 4 is 5.91 Å². The molecule has 4 rings (SSSR count). The van der Waals surface area contributed by atoms with Gasteiger partial charge in [-0.2, -0.15) is 0 Å². The van der Waals surface area contributed by atoms with Gasteiger partial charge >= 0.3 is 0 Å². The quantitative estimate of drug-likeness (QED) is 0.746. The van der Waals surface area contributed by atoms with Crippen molar-refractivity contribution in [3.63, 3.8) is 0 Å². The SMILES string of the molecule is Cc1ncc(C(=O)N2CCC[C@@H](c3nccn3Cc3cccnc3)C2)c(=O)[nH]1. The van der Waals surface area contributed by atoms with E-state index in [9.17, 15) is 9.59 Å². The van der Waals surface area contributed by atoms with E-state index in [0.29, 0.717) is 25.5 Å². The largest absolute Gasteiger partial charge is 0.338 e. The van der Waals surface area contributed by atoms with Crippen LogP contribution in [0.15, 0.2) is 47.9 Å². The number of H-pyrrole nitrogens is 1. The summed E-state index contributed by atoms with van der Waals surface area (Å²) >= 11 is 0. The number of aryl methyl sites for hydroxylation is 1. The lowest BCUT2D eigenvalue weighted by molar-refractivity contribution is 0.0701. The van der Waals surface area contributed by atoms with E-state index < -0.39 is 5.56 Å². The van der Waals surface area contributed by atoms with Crippen LogP contribution in [0.2, 0.25) is 0 Å². The maximum atomic E-state index is 12.9. The number of carbonyl (C=O) groups excluding carboxylic acids is 1. The van der Waals surface area contributed by atoms with E-state index in [-0.39, 0.29) is 17.4 Å². The Morgan fingerprint density at radius 1 is 1.29 bits per heavy atom. The van der Waals surface area contributed by atoms with Gasteiger partial charge in [0.15, 0.2) is 0 Å². The molecule has 0 spiro atoms. The van der Waals surface area contributed by atoms with Crippen molar-refractivity contribution < 1.29 is 4.79 Å². The fourth-order valence-electron chi connectivity index (χ4n) is 3.68. The Hall–Kier alpha value is -3.29. The van der Waals surface area contributed by atoms with E-state index in [4.69, 9.17) is 0 Å². The van der Waals surface area contributed by atoms with E-state index in [1.54, 1.807) is 24.2 Å². The van der Waals surface area contributed by atoms with Gasteiger partial charge in [-0.3, -0.25) is 14.6 Å². The fourth-order valence-corrected chi connectivity index (χ4v) is 3.68. The highest BCUT2D eigenvalue weighted by molar-refractivity contribution is 5.93. The molecule has 1 fully saturated rings. The van der Waals surface area contributed by atoms with Crippen LogP contribution >= 0.6 is 0 Å². The number of imidazole rings is 1. The van der Waals surface area contributed by atoms with E-state index in [1.807, 2.05) is 24.5 Å². The number of pyridine rings is 1. The fraction of sp³-hybridized carbons (Fsp3) is 0.350. The van der Waals surface area contributed by atoms with Gasteiger partial charge < -0.3 is 14.5 Å². The molecule has 0 aliphatic carbocycles. The topological polar surface area (TPSA) is 96.8 Å². The van der Waals surface area contributed by atoms with Gasteiger partial charge in [0, 0.05) is 50.0 Å². The number of aromatic nitrogens is 5. The zero-order chi connectivity index (χ0) is 19.5. The summed E-state index contributed by atoms with van der Waals surface area (Å²) in [6, 6.07) is 3.95. The first-order valence-electron chi connectivity index (χ1n) is 9.37. The molecule has 3 aromatic heterocycles. The molecule has 8 heteroatoms. The molecule has 1 atom stereocenters. The van der Waals surface area contributed by atoms with Crippen molar-refractivity contribution in [2.45, 2.75) is 32.2 Å². The Morgan fingerprint density at radius 3 is 2.96 bits per heavy atom. The summed E-state index contributed by atoms with van der Waals surface area (Å²) in [5.41, 5.74) is 0.797. The molecule has 144 valence electrons. The summed E-state index contributed by atoms with van der Waals surface area (Å²) < 4.78 is 2.11. The van der Waals surface area contributed by atoms with Gasteiger partial charge in [-0.15, -0.1) is 0 Å². The number of aromatic amines is 1. The molecule has 4 heterocycles. The van der Waals surface area contributed by atoms with E-state index >= 15 is 0 Å². The molecule has 1 saturated heterocycles. The third-order valence-corrected chi connectivity index (χ3v) is 5.05. The highest BCUT2D eigenvalue weighted by Crippen LogP contribution is 2.27.